The maximum absolute atomic E-state index is 4.29. The molecule has 130 valence electrons. The Bertz CT molecular complexity index is 591. The molecule has 1 N–H and O–H groups in total. The summed E-state index contributed by atoms with van der Waals surface area (Å²) in [6.07, 6.45) is 2.51. The number of aryl methyl sites for hydroxylation is 1. The van der Waals surface area contributed by atoms with E-state index in [0.717, 1.165) is 31.9 Å². The molecule has 1 aromatic carbocycles. The van der Waals surface area contributed by atoms with Crippen molar-refractivity contribution < 1.29 is 0 Å². The number of nitrogens with one attached hydrogen (secondary N) is 1. The van der Waals surface area contributed by atoms with Crippen molar-refractivity contribution in [1.29, 1.82) is 0 Å². The number of hydrogen-bond donors (Lipinski definition) is 1. The highest BCUT2D eigenvalue weighted by Gasteiger charge is 2.16. The first-order valence-electron chi connectivity index (χ1n) is 8.93. The number of aromatic nitrogens is 1. The van der Waals surface area contributed by atoms with Crippen molar-refractivity contribution in [1.82, 2.24) is 15.2 Å². The van der Waals surface area contributed by atoms with Crippen LogP contribution in [0.1, 0.15) is 24.1 Å². The van der Waals surface area contributed by atoms with E-state index < -0.39 is 0 Å². The van der Waals surface area contributed by atoms with Crippen LogP contribution in [0.25, 0.3) is 0 Å². The van der Waals surface area contributed by atoms with Gasteiger partial charge in [0, 0.05) is 43.8 Å². The number of thiazole rings is 1. The van der Waals surface area contributed by atoms with Crippen LogP contribution in [-0.2, 0) is 6.54 Å². The fraction of sp³-hybridized carbons (Fsp3) is 0.526. The molecule has 2 aromatic rings. The van der Waals surface area contributed by atoms with E-state index >= 15 is 0 Å². The van der Waals surface area contributed by atoms with Gasteiger partial charge in [0.1, 0.15) is 0 Å². The van der Waals surface area contributed by atoms with Crippen LogP contribution in [0.3, 0.4) is 0 Å². The van der Waals surface area contributed by atoms with E-state index in [1.54, 1.807) is 11.3 Å². The van der Waals surface area contributed by atoms with E-state index in [0.29, 0.717) is 0 Å². The minimum absolute atomic E-state index is 0.901. The summed E-state index contributed by atoms with van der Waals surface area (Å²) in [6.45, 7) is 10.0. The minimum Gasteiger partial charge on any atom is -0.369 e. The Balaban J connectivity index is 1.27. The third-order valence-corrected chi connectivity index (χ3v) is 5.24. The van der Waals surface area contributed by atoms with Gasteiger partial charge in [-0.1, -0.05) is 12.1 Å². The van der Waals surface area contributed by atoms with Gasteiger partial charge in [0.2, 0.25) is 0 Å². The molecule has 24 heavy (non-hydrogen) atoms. The number of rotatable bonds is 8. The summed E-state index contributed by atoms with van der Waals surface area (Å²) < 4.78 is 0. The molecule has 0 unspecified atom stereocenters. The van der Waals surface area contributed by atoms with Crippen LogP contribution in [0.5, 0.6) is 0 Å². The summed E-state index contributed by atoms with van der Waals surface area (Å²) in [5, 5.41) is 5.59. The van der Waals surface area contributed by atoms with E-state index in [1.807, 2.05) is 5.51 Å². The molecular formula is C19H28N4S. The van der Waals surface area contributed by atoms with Gasteiger partial charge in [0.05, 0.1) is 11.2 Å². The molecule has 1 saturated heterocycles. The molecule has 0 aliphatic carbocycles. The number of benzene rings is 1. The summed E-state index contributed by atoms with van der Waals surface area (Å²) in [4.78, 5) is 9.40. The maximum atomic E-state index is 4.29. The highest BCUT2D eigenvalue weighted by molar-refractivity contribution is 7.07. The van der Waals surface area contributed by atoms with Crippen LogP contribution in [0.4, 0.5) is 5.69 Å². The van der Waals surface area contributed by atoms with Gasteiger partial charge in [0.25, 0.3) is 0 Å². The molecule has 1 fully saturated rings. The first-order valence-corrected chi connectivity index (χ1v) is 9.87. The normalized spacial score (nSPS) is 15.8. The number of piperazine rings is 1. The molecule has 1 aliphatic rings. The summed E-state index contributed by atoms with van der Waals surface area (Å²) >= 11 is 1.66. The van der Waals surface area contributed by atoms with Crippen LogP contribution in [-0.4, -0.2) is 49.2 Å². The minimum atomic E-state index is 0.901. The van der Waals surface area contributed by atoms with Gasteiger partial charge in [-0.25, -0.2) is 4.98 Å². The molecule has 2 heterocycles. The highest BCUT2D eigenvalue weighted by atomic mass is 32.1. The van der Waals surface area contributed by atoms with E-state index in [9.17, 15) is 0 Å². The van der Waals surface area contributed by atoms with E-state index in [4.69, 9.17) is 0 Å². The fourth-order valence-electron chi connectivity index (χ4n) is 3.18. The number of hydrogen-bond acceptors (Lipinski definition) is 5. The topological polar surface area (TPSA) is 31.4 Å². The van der Waals surface area contributed by atoms with Crippen molar-refractivity contribution >= 4 is 17.0 Å². The lowest BCUT2D eigenvalue weighted by Gasteiger charge is -2.36. The summed E-state index contributed by atoms with van der Waals surface area (Å²) in [6, 6.07) is 8.86. The van der Waals surface area contributed by atoms with Gasteiger partial charge in [-0.05, 0) is 50.6 Å². The van der Waals surface area contributed by atoms with Crippen molar-refractivity contribution in [2.24, 2.45) is 0 Å². The van der Waals surface area contributed by atoms with Crippen molar-refractivity contribution in [2.75, 3.05) is 44.2 Å². The van der Waals surface area contributed by atoms with Crippen LogP contribution in [0.2, 0.25) is 0 Å². The monoisotopic (exact) mass is 344 g/mol. The zero-order valence-corrected chi connectivity index (χ0v) is 15.4. The van der Waals surface area contributed by atoms with Gasteiger partial charge in [-0.3, -0.25) is 4.90 Å². The molecule has 3 rings (SSSR count). The van der Waals surface area contributed by atoms with Crippen LogP contribution in [0.15, 0.2) is 35.2 Å². The van der Waals surface area contributed by atoms with Gasteiger partial charge in [-0.15, -0.1) is 11.3 Å². The fourth-order valence-corrected chi connectivity index (χ4v) is 3.74. The second-order valence-electron chi connectivity index (χ2n) is 6.53. The lowest BCUT2D eigenvalue weighted by Crippen LogP contribution is -2.46. The Morgan fingerprint density at radius 3 is 2.79 bits per heavy atom. The van der Waals surface area contributed by atoms with Crippen molar-refractivity contribution in [2.45, 2.75) is 26.3 Å². The van der Waals surface area contributed by atoms with Crippen LogP contribution in [0, 0.1) is 6.92 Å². The first kappa shape index (κ1) is 17.4. The summed E-state index contributed by atoms with van der Waals surface area (Å²) in [7, 11) is 0. The quantitative estimate of drug-likeness (QED) is 0.746. The molecule has 0 spiro atoms. The number of anilines is 1. The van der Waals surface area contributed by atoms with Crippen molar-refractivity contribution in [3.63, 3.8) is 0 Å². The SMILES string of the molecule is Cc1cccc(N2CCN(CCCCNCc3cscn3)CC2)c1. The Hall–Kier alpha value is -1.43. The highest BCUT2D eigenvalue weighted by Crippen LogP contribution is 2.17. The Labute approximate surface area is 149 Å². The predicted octanol–water partition coefficient (Wildman–Crippen LogP) is 3.14. The predicted molar refractivity (Wildman–Crippen MR) is 103 cm³/mol. The average Bonchev–Trinajstić information content (AvgIpc) is 3.12. The Kier molecular flexibility index (Phi) is 6.64. The molecule has 0 atom stereocenters. The van der Waals surface area contributed by atoms with Gasteiger partial charge in [0.15, 0.2) is 0 Å². The summed E-state index contributed by atoms with van der Waals surface area (Å²) in [5.74, 6) is 0. The third kappa shape index (κ3) is 5.30. The lowest BCUT2D eigenvalue weighted by molar-refractivity contribution is 0.252. The van der Waals surface area contributed by atoms with E-state index in [2.05, 4.69) is 56.7 Å². The molecule has 5 heteroatoms. The third-order valence-electron chi connectivity index (χ3n) is 4.61. The molecular weight excluding hydrogens is 316 g/mol. The first-order chi connectivity index (χ1) is 11.8. The van der Waals surface area contributed by atoms with Gasteiger partial charge in [-0.2, -0.15) is 0 Å². The van der Waals surface area contributed by atoms with Crippen LogP contribution < -0.4 is 10.2 Å². The Morgan fingerprint density at radius 1 is 1.17 bits per heavy atom. The molecule has 1 aromatic heterocycles. The molecule has 4 nitrogen and oxygen atoms in total. The van der Waals surface area contributed by atoms with E-state index in [-0.39, 0.29) is 0 Å². The van der Waals surface area contributed by atoms with Crippen molar-refractivity contribution in [3.8, 4) is 0 Å². The lowest BCUT2D eigenvalue weighted by atomic mass is 10.2. The van der Waals surface area contributed by atoms with Crippen molar-refractivity contribution in [3.05, 3.63) is 46.4 Å². The smallest absolute Gasteiger partial charge is 0.0795 e. The average molecular weight is 345 g/mol. The molecule has 0 radical (unpaired) electrons. The molecule has 0 amide bonds. The number of unbranched alkanes of at least 4 members (excludes halogenated alkanes) is 1. The van der Waals surface area contributed by atoms with Gasteiger partial charge < -0.3 is 10.2 Å². The zero-order valence-electron chi connectivity index (χ0n) is 14.6. The largest absolute Gasteiger partial charge is 0.369 e. The Morgan fingerprint density at radius 2 is 2.04 bits per heavy atom. The second kappa shape index (κ2) is 9.16. The molecule has 1 aliphatic heterocycles. The maximum Gasteiger partial charge on any atom is 0.0795 e. The second-order valence-corrected chi connectivity index (χ2v) is 7.25. The van der Waals surface area contributed by atoms with Gasteiger partial charge >= 0.3 is 0 Å². The van der Waals surface area contributed by atoms with E-state index in [1.165, 1.54) is 43.7 Å². The molecule has 0 bridgehead atoms. The summed E-state index contributed by atoms with van der Waals surface area (Å²) in [5.41, 5.74) is 5.78. The zero-order chi connectivity index (χ0) is 16.6. The standard InChI is InChI=1S/C19H28N4S/c1-17-5-4-6-19(13-17)23-11-9-22(10-12-23)8-3-2-7-20-14-18-15-24-16-21-18/h4-6,13,15-16,20H,2-3,7-12,14H2,1H3. The molecule has 0 saturated carbocycles. The van der Waals surface area contributed by atoms with Crippen LogP contribution >= 0.6 is 11.3 Å². The number of nitrogens with zero attached hydrogens (tertiary/aromatic N) is 3.